The maximum atomic E-state index is 12.8. The van der Waals surface area contributed by atoms with Gasteiger partial charge in [-0.1, -0.05) is 30.3 Å². The smallest absolute Gasteiger partial charge is 0.387 e. The molecular weight excluding hydrogens is 448 g/mol. The van der Waals surface area contributed by atoms with Crippen LogP contribution in [0.1, 0.15) is 56.0 Å². The van der Waals surface area contributed by atoms with Gasteiger partial charge in [-0.2, -0.15) is 8.78 Å². The van der Waals surface area contributed by atoms with Gasteiger partial charge in [0, 0.05) is 10.4 Å². The van der Waals surface area contributed by atoms with Gasteiger partial charge in [0.05, 0.1) is 12.2 Å². The number of fused-ring (bicyclic) bond motifs is 1. The van der Waals surface area contributed by atoms with E-state index in [-0.39, 0.29) is 17.9 Å². The minimum absolute atomic E-state index is 0.0349. The molecule has 1 unspecified atom stereocenters. The lowest BCUT2D eigenvalue weighted by Crippen LogP contribution is -2.17. The lowest BCUT2D eigenvalue weighted by atomic mass is 9.83. The van der Waals surface area contributed by atoms with Gasteiger partial charge in [0.25, 0.3) is 5.91 Å². The molecule has 0 spiro atoms. The van der Waals surface area contributed by atoms with E-state index >= 15 is 0 Å². The van der Waals surface area contributed by atoms with Gasteiger partial charge in [-0.25, -0.2) is 4.79 Å². The van der Waals surface area contributed by atoms with Gasteiger partial charge < -0.3 is 14.8 Å². The second-order valence-electron chi connectivity index (χ2n) is 7.64. The van der Waals surface area contributed by atoms with Crippen LogP contribution in [0.15, 0.2) is 54.6 Å². The molecule has 1 aliphatic rings. The number of amides is 1. The van der Waals surface area contributed by atoms with Crippen molar-refractivity contribution in [3.8, 4) is 5.75 Å². The molecule has 0 bridgehead atoms. The molecule has 0 saturated heterocycles. The number of hydrogen-bond donors (Lipinski definition) is 1. The summed E-state index contributed by atoms with van der Waals surface area (Å²) in [7, 11) is 0. The average molecular weight is 472 g/mol. The van der Waals surface area contributed by atoms with Crippen LogP contribution in [0.5, 0.6) is 5.75 Å². The van der Waals surface area contributed by atoms with Gasteiger partial charge in [0.1, 0.15) is 10.8 Å². The Morgan fingerprint density at radius 3 is 2.52 bits per heavy atom. The molecule has 1 N–H and O–H groups in total. The zero-order valence-electron chi connectivity index (χ0n) is 18.0. The van der Waals surface area contributed by atoms with Crippen molar-refractivity contribution in [3.05, 3.63) is 81.7 Å². The molecule has 2 aromatic carbocycles. The van der Waals surface area contributed by atoms with E-state index in [4.69, 9.17) is 4.74 Å². The predicted octanol–water partition coefficient (Wildman–Crippen LogP) is 6.05. The fourth-order valence-corrected chi connectivity index (χ4v) is 5.38. The molecule has 0 aliphatic heterocycles. The third-order valence-corrected chi connectivity index (χ3v) is 6.75. The number of rotatable bonds is 7. The topological polar surface area (TPSA) is 64.6 Å². The van der Waals surface area contributed by atoms with E-state index in [9.17, 15) is 18.4 Å². The van der Waals surface area contributed by atoms with Gasteiger partial charge >= 0.3 is 12.6 Å². The van der Waals surface area contributed by atoms with Crippen molar-refractivity contribution >= 4 is 28.2 Å². The van der Waals surface area contributed by atoms with Gasteiger partial charge in [0.2, 0.25) is 0 Å². The van der Waals surface area contributed by atoms with Crippen LogP contribution < -0.4 is 10.1 Å². The normalized spacial score (nSPS) is 15.1. The van der Waals surface area contributed by atoms with Crippen molar-refractivity contribution in [3.63, 3.8) is 0 Å². The summed E-state index contributed by atoms with van der Waals surface area (Å²) in [5.74, 6) is -0.586. The van der Waals surface area contributed by atoms with Gasteiger partial charge in [-0.15, -0.1) is 11.3 Å². The second kappa shape index (κ2) is 10.1. The summed E-state index contributed by atoms with van der Waals surface area (Å²) in [6.45, 7) is -0.965. The number of hydrogen-bond acceptors (Lipinski definition) is 5. The van der Waals surface area contributed by atoms with Crippen LogP contribution >= 0.6 is 11.3 Å². The molecule has 8 heteroatoms. The predicted molar refractivity (Wildman–Crippen MR) is 123 cm³/mol. The number of alkyl halides is 2. The molecule has 33 heavy (non-hydrogen) atoms. The Kier molecular flexibility index (Phi) is 7.03. The van der Waals surface area contributed by atoms with E-state index in [1.165, 1.54) is 41.2 Å². The van der Waals surface area contributed by atoms with Crippen molar-refractivity contribution in [2.24, 2.45) is 0 Å². The number of halogens is 2. The molecule has 5 nitrogen and oxygen atoms in total. The van der Waals surface area contributed by atoms with Gasteiger partial charge in [0.15, 0.2) is 0 Å². The Hall–Kier alpha value is -3.26. The Morgan fingerprint density at radius 2 is 1.85 bits per heavy atom. The standard InChI is InChI=1S/C25H23F2NO4S/c1-2-31-24(30)21-19-13-10-17(15-6-4-3-5-7-15)14-20(19)33-23(21)28-22(29)16-8-11-18(12-9-16)32-25(26)27/h3-9,11-12,17,25H,2,10,13-14H2,1H3,(H,28,29). The Labute approximate surface area is 194 Å². The highest BCUT2D eigenvalue weighted by molar-refractivity contribution is 7.17. The number of benzene rings is 2. The number of nitrogens with one attached hydrogen (secondary N) is 1. The fraction of sp³-hybridized carbons (Fsp3) is 0.280. The molecule has 3 aromatic rings. The molecule has 0 radical (unpaired) electrons. The van der Waals surface area contributed by atoms with Gasteiger partial charge in [-0.05, 0) is 67.5 Å². The van der Waals surface area contributed by atoms with Crippen molar-refractivity contribution in [1.29, 1.82) is 0 Å². The quantitative estimate of drug-likeness (QED) is 0.426. The summed E-state index contributed by atoms with van der Waals surface area (Å²) in [4.78, 5) is 26.7. The Morgan fingerprint density at radius 1 is 1.12 bits per heavy atom. The summed E-state index contributed by atoms with van der Waals surface area (Å²) in [5.41, 5.74) is 2.86. The monoisotopic (exact) mass is 471 g/mol. The first kappa shape index (κ1) is 22.9. The van der Waals surface area contributed by atoms with Crippen molar-refractivity contribution in [2.75, 3.05) is 11.9 Å². The summed E-state index contributed by atoms with van der Waals surface area (Å²) in [5, 5.41) is 3.28. The van der Waals surface area contributed by atoms with Crippen LogP contribution in [0.3, 0.4) is 0 Å². The molecule has 0 saturated carbocycles. The molecule has 172 valence electrons. The van der Waals surface area contributed by atoms with Crippen LogP contribution in [0.25, 0.3) is 0 Å². The minimum atomic E-state index is -2.94. The Bertz CT molecular complexity index is 1130. The lowest BCUT2D eigenvalue weighted by Gasteiger charge is -2.23. The van der Waals surface area contributed by atoms with Crippen LogP contribution in [-0.4, -0.2) is 25.1 Å². The number of ether oxygens (including phenoxy) is 2. The molecule has 1 amide bonds. The molecule has 1 aliphatic carbocycles. The second-order valence-corrected chi connectivity index (χ2v) is 8.74. The minimum Gasteiger partial charge on any atom is -0.462 e. The third kappa shape index (κ3) is 5.22. The number of esters is 1. The first-order valence-electron chi connectivity index (χ1n) is 10.7. The first-order chi connectivity index (χ1) is 16.0. The van der Waals surface area contributed by atoms with E-state index in [0.717, 1.165) is 29.7 Å². The first-order valence-corrected chi connectivity index (χ1v) is 11.5. The zero-order valence-corrected chi connectivity index (χ0v) is 18.8. The van der Waals surface area contributed by atoms with Crippen LogP contribution in [0.2, 0.25) is 0 Å². The Balaban J connectivity index is 1.59. The average Bonchev–Trinajstić information content (AvgIpc) is 3.17. The van der Waals surface area contributed by atoms with Crippen LogP contribution in [-0.2, 0) is 17.6 Å². The number of thiophene rings is 1. The van der Waals surface area contributed by atoms with Crippen molar-refractivity contribution in [2.45, 2.75) is 38.7 Å². The summed E-state index contributed by atoms with van der Waals surface area (Å²) in [6, 6.07) is 15.7. The van der Waals surface area contributed by atoms with Crippen molar-refractivity contribution < 1.29 is 27.8 Å². The number of carbonyl (C=O) groups excluding carboxylic acids is 2. The van der Waals surface area contributed by atoms with E-state index in [0.29, 0.717) is 16.5 Å². The van der Waals surface area contributed by atoms with Gasteiger partial charge in [-0.3, -0.25) is 4.79 Å². The highest BCUT2D eigenvalue weighted by Crippen LogP contribution is 2.43. The summed E-state index contributed by atoms with van der Waals surface area (Å²) >= 11 is 1.39. The number of carbonyl (C=O) groups is 2. The zero-order chi connectivity index (χ0) is 23.4. The fourth-order valence-electron chi connectivity index (χ4n) is 4.07. The van der Waals surface area contributed by atoms with Crippen LogP contribution in [0, 0.1) is 0 Å². The highest BCUT2D eigenvalue weighted by atomic mass is 32.1. The summed E-state index contributed by atoms with van der Waals surface area (Å²) in [6.07, 6.45) is 2.40. The number of anilines is 1. The molecule has 0 fully saturated rings. The maximum Gasteiger partial charge on any atom is 0.387 e. The largest absolute Gasteiger partial charge is 0.462 e. The SMILES string of the molecule is CCOC(=O)c1c(NC(=O)c2ccc(OC(F)F)cc2)sc2c1CCC(c1ccccc1)C2. The summed E-state index contributed by atoms with van der Waals surface area (Å²) < 4.78 is 34.3. The highest BCUT2D eigenvalue weighted by Gasteiger charge is 2.31. The van der Waals surface area contributed by atoms with Crippen molar-refractivity contribution in [1.82, 2.24) is 0 Å². The molecule has 1 heterocycles. The molecular formula is C25H23F2NO4S. The lowest BCUT2D eigenvalue weighted by molar-refractivity contribution is -0.0498. The van der Waals surface area contributed by atoms with E-state index < -0.39 is 18.5 Å². The maximum absolute atomic E-state index is 12.8. The molecule has 1 atom stereocenters. The van der Waals surface area contributed by atoms with Crippen LogP contribution in [0.4, 0.5) is 13.8 Å². The molecule has 1 aromatic heterocycles. The third-order valence-electron chi connectivity index (χ3n) is 5.58. The molecule has 4 rings (SSSR count). The van der Waals surface area contributed by atoms with E-state index in [1.54, 1.807) is 6.92 Å². The van der Waals surface area contributed by atoms with E-state index in [1.807, 2.05) is 18.2 Å². The van der Waals surface area contributed by atoms with E-state index in [2.05, 4.69) is 22.2 Å².